The number of carbonyl (C=O) groups excluding carboxylic acids is 2. The highest BCUT2D eigenvalue weighted by atomic mass is 35.5. The van der Waals surface area contributed by atoms with Crippen LogP contribution < -0.4 is 10.9 Å². The lowest BCUT2D eigenvalue weighted by molar-refractivity contribution is 0.0842. The van der Waals surface area contributed by atoms with Gasteiger partial charge in [-0.2, -0.15) is 0 Å². The number of halogens is 2. The molecule has 0 aliphatic rings. The van der Waals surface area contributed by atoms with Crippen LogP contribution in [0.25, 0.3) is 0 Å². The number of hydrogen-bond donors (Lipinski definition) is 3. The number of phenols is 1. The smallest absolute Gasteiger partial charge is 0.288 e. The molecule has 0 saturated carbocycles. The number of nitrogens with zero attached hydrogens (tertiary/aromatic N) is 1. The number of aromatic nitrogens is 1. The van der Waals surface area contributed by atoms with Crippen LogP contribution in [0.1, 0.15) is 20.8 Å². The minimum absolute atomic E-state index is 0.0399. The molecule has 0 atom stereocenters. The number of rotatable bonds is 2. The molecular weight excluding hydrogens is 317 g/mol. The number of carbonyl (C=O) groups is 2. The van der Waals surface area contributed by atoms with E-state index in [9.17, 15) is 14.7 Å². The number of hydrogen-bond acceptors (Lipinski definition) is 4. The Labute approximate surface area is 129 Å². The molecule has 2 aromatic rings. The van der Waals surface area contributed by atoms with Crippen LogP contribution in [0.5, 0.6) is 5.75 Å². The van der Waals surface area contributed by atoms with Gasteiger partial charge in [-0.1, -0.05) is 23.2 Å². The molecular formula is C13H9Cl2N3O3. The molecule has 21 heavy (non-hydrogen) atoms. The van der Waals surface area contributed by atoms with Crippen molar-refractivity contribution in [3.8, 4) is 5.75 Å². The van der Waals surface area contributed by atoms with Gasteiger partial charge in [-0.15, -0.1) is 0 Å². The number of pyridine rings is 1. The second-order valence-corrected chi connectivity index (χ2v) is 4.80. The van der Waals surface area contributed by atoms with Crippen LogP contribution in [0.2, 0.25) is 10.0 Å². The normalized spacial score (nSPS) is 10.0. The molecule has 108 valence electrons. The number of benzene rings is 1. The van der Waals surface area contributed by atoms with Gasteiger partial charge in [0.25, 0.3) is 11.8 Å². The molecule has 3 N–H and O–H groups in total. The summed E-state index contributed by atoms with van der Waals surface area (Å²) < 4.78 is 0. The SMILES string of the molecule is O=C(NNC(=O)c1cc(Cl)ccc1O)c1cc(Cl)ccn1. The Morgan fingerprint density at radius 3 is 2.38 bits per heavy atom. The molecule has 1 aromatic carbocycles. The van der Waals surface area contributed by atoms with Crippen molar-refractivity contribution in [2.45, 2.75) is 0 Å². The largest absolute Gasteiger partial charge is 0.507 e. The van der Waals surface area contributed by atoms with Crippen molar-refractivity contribution in [1.29, 1.82) is 0 Å². The van der Waals surface area contributed by atoms with E-state index in [1.165, 1.54) is 36.5 Å². The number of hydrazine groups is 1. The average molecular weight is 326 g/mol. The third kappa shape index (κ3) is 3.84. The Balaban J connectivity index is 2.04. The van der Waals surface area contributed by atoms with Crippen molar-refractivity contribution >= 4 is 35.0 Å². The maximum absolute atomic E-state index is 11.8. The predicted octanol–water partition coefficient (Wildman–Crippen LogP) is 2.17. The molecule has 0 aliphatic heterocycles. The van der Waals surface area contributed by atoms with Gasteiger partial charge in [0, 0.05) is 16.2 Å². The first-order chi connectivity index (χ1) is 9.97. The van der Waals surface area contributed by atoms with Gasteiger partial charge in [-0.25, -0.2) is 0 Å². The van der Waals surface area contributed by atoms with E-state index in [-0.39, 0.29) is 22.0 Å². The first kappa shape index (κ1) is 15.1. The van der Waals surface area contributed by atoms with Crippen molar-refractivity contribution in [3.63, 3.8) is 0 Å². The Morgan fingerprint density at radius 2 is 1.67 bits per heavy atom. The maximum Gasteiger partial charge on any atom is 0.288 e. The summed E-state index contributed by atoms with van der Waals surface area (Å²) in [5.41, 5.74) is 4.27. The monoisotopic (exact) mass is 325 g/mol. The fraction of sp³-hybridized carbons (Fsp3) is 0. The number of nitrogens with one attached hydrogen (secondary N) is 2. The van der Waals surface area contributed by atoms with Gasteiger partial charge in [0.1, 0.15) is 11.4 Å². The minimum atomic E-state index is -0.717. The summed E-state index contributed by atoms with van der Waals surface area (Å²) in [5.74, 6) is -1.62. The third-order valence-electron chi connectivity index (χ3n) is 2.45. The quantitative estimate of drug-likeness (QED) is 0.738. The van der Waals surface area contributed by atoms with E-state index in [1.807, 2.05) is 0 Å². The summed E-state index contributed by atoms with van der Waals surface area (Å²) >= 11 is 11.5. The minimum Gasteiger partial charge on any atom is -0.507 e. The van der Waals surface area contributed by atoms with Crippen LogP contribution in [0, 0.1) is 0 Å². The molecule has 2 amide bonds. The summed E-state index contributed by atoms with van der Waals surface area (Å²) in [5, 5.41) is 10.2. The van der Waals surface area contributed by atoms with E-state index in [0.717, 1.165) is 0 Å². The number of amides is 2. The average Bonchev–Trinajstić information content (AvgIpc) is 2.47. The molecule has 0 radical (unpaired) electrons. The highest BCUT2D eigenvalue weighted by molar-refractivity contribution is 6.31. The Kier molecular flexibility index (Phi) is 4.62. The molecule has 2 rings (SSSR count). The Hall–Kier alpha value is -2.31. The molecule has 1 aromatic heterocycles. The molecule has 6 nitrogen and oxygen atoms in total. The highest BCUT2D eigenvalue weighted by Crippen LogP contribution is 2.21. The Morgan fingerprint density at radius 1 is 1.00 bits per heavy atom. The molecule has 0 saturated heterocycles. The van der Waals surface area contributed by atoms with E-state index < -0.39 is 11.8 Å². The third-order valence-corrected chi connectivity index (χ3v) is 2.92. The van der Waals surface area contributed by atoms with Crippen LogP contribution >= 0.6 is 23.2 Å². The van der Waals surface area contributed by atoms with E-state index >= 15 is 0 Å². The molecule has 0 spiro atoms. The number of aromatic hydroxyl groups is 1. The lowest BCUT2D eigenvalue weighted by Crippen LogP contribution is -2.42. The van der Waals surface area contributed by atoms with E-state index in [4.69, 9.17) is 23.2 Å². The molecule has 0 bridgehead atoms. The first-order valence-electron chi connectivity index (χ1n) is 5.68. The Bertz CT molecular complexity index is 707. The van der Waals surface area contributed by atoms with Crippen LogP contribution in [0.3, 0.4) is 0 Å². The van der Waals surface area contributed by atoms with Crippen LogP contribution in [-0.4, -0.2) is 21.9 Å². The van der Waals surface area contributed by atoms with E-state index in [0.29, 0.717) is 5.02 Å². The molecule has 0 fully saturated rings. The van der Waals surface area contributed by atoms with Crippen molar-refractivity contribution in [2.24, 2.45) is 0 Å². The molecule has 8 heteroatoms. The summed E-state index contributed by atoms with van der Waals surface area (Å²) in [4.78, 5) is 27.4. The fourth-order valence-electron chi connectivity index (χ4n) is 1.46. The van der Waals surface area contributed by atoms with Gasteiger partial charge in [-0.3, -0.25) is 25.4 Å². The van der Waals surface area contributed by atoms with Crippen LogP contribution in [0.15, 0.2) is 36.5 Å². The van der Waals surface area contributed by atoms with Gasteiger partial charge in [0.2, 0.25) is 0 Å². The molecule has 0 aliphatic carbocycles. The first-order valence-corrected chi connectivity index (χ1v) is 6.43. The second-order valence-electron chi connectivity index (χ2n) is 3.93. The van der Waals surface area contributed by atoms with Gasteiger partial charge >= 0.3 is 0 Å². The zero-order chi connectivity index (χ0) is 15.4. The standard InChI is InChI=1S/C13H9Cl2N3O3/c14-7-1-2-11(19)9(5-7)12(20)17-18-13(21)10-6-8(15)3-4-16-10/h1-6,19H,(H,17,20)(H,18,21). The predicted molar refractivity (Wildman–Crippen MR) is 77.3 cm³/mol. The molecule has 1 heterocycles. The number of phenolic OH excluding ortho intramolecular Hbond substituents is 1. The van der Waals surface area contributed by atoms with Gasteiger partial charge in [0.15, 0.2) is 0 Å². The lowest BCUT2D eigenvalue weighted by atomic mass is 10.2. The van der Waals surface area contributed by atoms with E-state index in [1.54, 1.807) is 0 Å². The zero-order valence-electron chi connectivity index (χ0n) is 10.4. The maximum atomic E-state index is 11.8. The van der Waals surface area contributed by atoms with Crippen LogP contribution in [-0.2, 0) is 0 Å². The van der Waals surface area contributed by atoms with Crippen molar-refractivity contribution in [3.05, 3.63) is 57.8 Å². The summed E-state index contributed by atoms with van der Waals surface area (Å²) in [7, 11) is 0. The van der Waals surface area contributed by atoms with E-state index in [2.05, 4.69) is 15.8 Å². The highest BCUT2D eigenvalue weighted by Gasteiger charge is 2.14. The van der Waals surface area contributed by atoms with Crippen molar-refractivity contribution < 1.29 is 14.7 Å². The lowest BCUT2D eigenvalue weighted by Gasteiger charge is -2.08. The summed E-state index contributed by atoms with van der Waals surface area (Å²) in [6.07, 6.45) is 1.36. The summed E-state index contributed by atoms with van der Waals surface area (Å²) in [6, 6.07) is 6.84. The van der Waals surface area contributed by atoms with Crippen molar-refractivity contribution in [2.75, 3.05) is 0 Å². The topological polar surface area (TPSA) is 91.3 Å². The fourth-order valence-corrected chi connectivity index (χ4v) is 1.80. The summed E-state index contributed by atoms with van der Waals surface area (Å²) in [6.45, 7) is 0. The van der Waals surface area contributed by atoms with Gasteiger partial charge in [-0.05, 0) is 30.3 Å². The molecule has 0 unspecified atom stereocenters. The zero-order valence-corrected chi connectivity index (χ0v) is 11.9. The van der Waals surface area contributed by atoms with Crippen LogP contribution in [0.4, 0.5) is 0 Å². The van der Waals surface area contributed by atoms with Crippen molar-refractivity contribution in [1.82, 2.24) is 15.8 Å². The second kappa shape index (κ2) is 6.43. The van der Waals surface area contributed by atoms with Gasteiger partial charge in [0.05, 0.1) is 5.56 Å². The van der Waals surface area contributed by atoms with Gasteiger partial charge < -0.3 is 5.11 Å².